The first-order valence-electron chi connectivity index (χ1n) is 6.07. The highest BCUT2D eigenvalue weighted by atomic mass is 16.3. The van der Waals surface area contributed by atoms with E-state index in [2.05, 4.69) is 37.7 Å². The van der Waals surface area contributed by atoms with Gasteiger partial charge in [0.2, 0.25) is 0 Å². The van der Waals surface area contributed by atoms with Crippen LogP contribution in [0.3, 0.4) is 0 Å². The second kappa shape index (κ2) is 5.83. The number of aliphatic hydroxyl groups excluding tert-OH is 1. The van der Waals surface area contributed by atoms with Gasteiger partial charge in [0, 0.05) is 18.6 Å². The van der Waals surface area contributed by atoms with Gasteiger partial charge in [0.25, 0.3) is 0 Å². The van der Waals surface area contributed by atoms with Crippen molar-refractivity contribution in [2.45, 2.75) is 38.8 Å². The maximum atomic E-state index is 9.27. The molecule has 2 atom stereocenters. The molecule has 1 aliphatic rings. The van der Waals surface area contributed by atoms with Gasteiger partial charge in [0.1, 0.15) is 0 Å². The molecule has 15 heavy (non-hydrogen) atoms. The van der Waals surface area contributed by atoms with Crippen molar-refractivity contribution in [3.63, 3.8) is 0 Å². The summed E-state index contributed by atoms with van der Waals surface area (Å²) >= 11 is 0. The van der Waals surface area contributed by atoms with Crippen LogP contribution in [-0.2, 0) is 0 Å². The van der Waals surface area contributed by atoms with Gasteiger partial charge >= 0.3 is 0 Å². The second-order valence-electron chi connectivity index (χ2n) is 5.25. The third kappa shape index (κ3) is 3.44. The first-order chi connectivity index (χ1) is 7.06. The third-order valence-corrected chi connectivity index (χ3v) is 3.56. The summed E-state index contributed by atoms with van der Waals surface area (Å²) in [6, 6.07) is 1.00. The van der Waals surface area contributed by atoms with Crippen LogP contribution in [0.1, 0.15) is 26.7 Å². The Balaban J connectivity index is 2.50. The van der Waals surface area contributed by atoms with Gasteiger partial charge in [-0.05, 0) is 39.4 Å². The maximum Gasteiger partial charge on any atom is 0.0586 e. The van der Waals surface area contributed by atoms with E-state index in [1.165, 1.54) is 6.42 Å². The Morgan fingerprint density at radius 1 is 1.40 bits per heavy atom. The molecule has 90 valence electrons. The average Bonchev–Trinajstić information content (AvgIpc) is 2.59. The van der Waals surface area contributed by atoms with E-state index in [0.29, 0.717) is 24.6 Å². The number of nitrogens with zero attached hydrogens (tertiary/aromatic N) is 2. The van der Waals surface area contributed by atoms with Crippen LogP contribution in [0.4, 0.5) is 0 Å². The van der Waals surface area contributed by atoms with E-state index in [0.717, 1.165) is 19.5 Å². The molecule has 1 aliphatic heterocycles. The van der Waals surface area contributed by atoms with Gasteiger partial charge in [0.05, 0.1) is 6.61 Å². The van der Waals surface area contributed by atoms with Crippen molar-refractivity contribution < 1.29 is 5.11 Å². The van der Waals surface area contributed by atoms with Crippen molar-refractivity contribution >= 4 is 0 Å². The molecule has 0 radical (unpaired) electrons. The highest BCUT2D eigenvalue weighted by Crippen LogP contribution is 2.19. The summed E-state index contributed by atoms with van der Waals surface area (Å²) in [4.78, 5) is 4.75. The summed E-state index contributed by atoms with van der Waals surface area (Å²) in [7, 11) is 4.30. The quantitative estimate of drug-likeness (QED) is 0.740. The number of aliphatic hydroxyl groups is 1. The zero-order valence-corrected chi connectivity index (χ0v) is 10.6. The van der Waals surface area contributed by atoms with E-state index in [1.54, 1.807) is 0 Å². The Morgan fingerprint density at radius 2 is 2.07 bits per heavy atom. The molecular weight excluding hydrogens is 188 g/mol. The molecule has 0 unspecified atom stereocenters. The monoisotopic (exact) mass is 214 g/mol. The van der Waals surface area contributed by atoms with Crippen LogP contribution in [0.5, 0.6) is 0 Å². The maximum absolute atomic E-state index is 9.27. The van der Waals surface area contributed by atoms with Crippen molar-refractivity contribution in [2.75, 3.05) is 33.8 Å². The van der Waals surface area contributed by atoms with E-state index < -0.39 is 0 Å². The van der Waals surface area contributed by atoms with E-state index in [-0.39, 0.29) is 0 Å². The highest BCUT2D eigenvalue weighted by molar-refractivity contribution is 4.83. The summed E-state index contributed by atoms with van der Waals surface area (Å²) in [5.41, 5.74) is 0. The lowest BCUT2D eigenvalue weighted by Gasteiger charge is -2.34. The summed E-state index contributed by atoms with van der Waals surface area (Å²) in [6.07, 6.45) is 2.40. The molecule has 1 N–H and O–H groups in total. The number of hydrogen-bond donors (Lipinski definition) is 1. The predicted molar refractivity (Wildman–Crippen MR) is 64.0 cm³/mol. The fraction of sp³-hybridized carbons (Fsp3) is 1.00. The Hall–Kier alpha value is -0.120. The predicted octanol–water partition coefficient (Wildman–Crippen LogP) is 1.03. The van der Waals surface area contributed by atoms with Gasteiger partial charge in [-0.15, -0.1) is 0 Å². The minimum Gasteiger partial charge on any atom is -0.395 e. The van der Waals surface area contributed by atoms with Gasteiger partial charge in [-0.25, -0.2) is 0 Å². The SMILES string of the molecule is CC(C)[C@@H](CN1CCC[C@H]1CO)N(C)C. The van der Waals surface area contributed by atoms with Gasteiger partial charge in [-0.3, -0.25) is 4.90 Å². The van der Waals surface area contributed by atoms with E-state index in [9.17, 15) is 5.11 Å². The van der Waals surface area contributed by atoms with Crippen LogP contribution < -0.4 is 0 Å². The molecule has 0 aromatic rings. The van der Waals surface area contributed by atoms with E-state index in [1.807, 2.05) is 0 Å². The average molecular weight is 214 g/mol. The van der Waals surface area contributed by atoms with E-state index in [4.69, 9.17) is 0 Å². The molecule has 3 nitrogen and oxygen atoms in total. The normalized spacial score (nSPS) is 25.4. The van der Waals surface area contributed by atoms with Gasteiger partial charge in [-0.2, -0.15) is 0 Å². The lowest BCUT2D eigenvalue weighted by molar-refractivity contribution is 0.108. The molecular formula is C12H26N2O. The van der Waals surface area contributed by atoms with Crippen molar-refractivity contribution in [3.05, 3.63) is 0 Å². The molecule has 1 saturated heterocycles. The van der Waals surface area contributed by atoms with Crippen LogP contribution in [-0.4, -0.2) is 60.8 Å². The summed E-state index contributed by atoms with van der Waals surface area (Å²) in [5.74, 6) is 0.667. The summed E-state index contributed by atoms with van der Waals surface area (Å²) in [5, 5.41) is 9.27. The van der Waals surface area contributed by atoms with Crippen molar-refractivity contribution in [1.29, 1.82) is 0 Å². The Bertz CT molecular complexity index is 174. The first-order valence-corrected chi connectivity index (χ1v) is 6.07. The molecule has 3 heteroatoms. The van der Waals surface area contributed by atoms with Crippen LogP contribution in [0, 0.1) is 5.92 Å². The smallest absolute Gasteiger partial charge is 0.0586 e. The van der Waals surface area contributed by atoms with Gasteiger partial charge in [0.15, 0.2) is 0 Å². The lowest BCUT2D eigenvalue weighted by Crippen LogP contribution is -2.46. The van der Waals surface area contributed by atoms with Gasteiger partial charge < -0.3 is 10.0 Å². The largest absolute Gasteiger partial charge is 0.395 e. The fourth-order valence-electron chi connectivity index (χ4n) is 2.55. The molecule has 0 aromatic heterocycles. The molecule has 0 aromatic carbocycles. The minimum absolute atomic E-state index is 0.318. The molecule has 0 bridgehead atoms. The summed E-state index contributed by atoms with van der Waals surface area (Å²) < 4.78 is 0. The molecule has 0 spiro atoms. The zero-order chi connectivity index (χ0) is 11.4. The van der Waals surface area contributed by atoms with Crippen LogP contribution in [0.15, 0.2) is 0 Å². The zero-order valence-electron chi connectivity index (χ0n) is 10.6. The second-order valence-corrected chi connectivity index (χ2v) is 5.25. The van der Waals surface area contributed by atoms with Crippen molar-refractivity contribution in [3.8, 4) is 0 Å². The fourth-order valence-corrected chi connectivity index (χ4v) is 2.55. The number of hydrogen-bond acceptors (Lipinski definition) is 3. The Morgan fingerprint density at radius 3 is 2.53 bits per heavy atom. The van der Waals surface area contributed by atoms with E-state index >= 15 is 0 Å². The molecule has 0 aliphatic carbocycles. The standard InChI is InChI=1S/C12H26N2O/c1-10(2)12(13(3)4)8-14-7-5-6-11(14)9-15/h10-12,15H,5-9H2,1-4H3/t11-,12+/m0/s1. The molecule has 0 amide bonds. The van der Waals surface area contributed by atoms with Crippen LogP contribution in [0.25, 0.3) is 0 Å². The minimum atomic E-state index is 0.318. The van der Waals surface area contributed by atoms with Crippen molar-refractivity contribution in [1.82, 2.24) is 9.80 Å². The highest BCUT2D eigenvalue weighted by Gasteiger charge is 2.27. The number of likely N-dealkylation sites (tertiary alicyclic amines) is 1. The third-order valence-electron chi connectivity index (χ3n) is 3.56. The van der Waals surface area contributed by atoms with Gasteiger partial charge in [-0.1, -0.05) is 13.8 Å². The lowest BCUT2D eigenvalue weighted by atomic mass is 10.0. The molecule has 1 fully saturated rings. The molecule has 0 saturated carbocycles. The van der Waals surface area contributed by atoms with Crippen molar-refractivity contribution in [2.24, 2.45) is 5.92 Å². The van der Waals surface area contributed by atoms with Crippen LogP contribution in [0.2, 0.25) is 0 Å². The van der Waals surface area contributed by atoms with Crippen LogP contribution >= 0.6 is 0 Å². The summed E-state index contributed by atoms with van der Waals surface area (Å²) in [6.45, 7) is 7.11. The molecule has 1 rings (SSSR count). The molecule has 1 heterocycles. The first kappa shape index (κ1) is 12.9. The Kier molecular flexibility index (Phi) is 5.03. The topological polar surface area (TPSA) is 26.7 Å². The number of rotatable bonds is 5. The number of likely N-dealkylation sites (N-methyl/N-ethyl adjacent to an activating group) is 1. The Labute approximate surface area is 94.1 Å².